The lowest BCUT2D eigenvalue weighted by molar-refractivity contribution is 0.0622. The van der Waals surface area contributed by atoms with E-state index in [1.165, 1.54) is 0 Å². The van der Waals surface area contributed by atoms with Crippen molar-refractivity contribution in [3.05, 3.63) is 48.3 Å². The molecule has 0 unspecified atom stereocenters. The summed E-state index contributed by atoms with van der Waals surface area (Å²) in [5, 5.41) is 3.38. The lowest BCUT2D eigenvalue weighted by Gasteiger charge is -2.35. The molecule has 1 saturated carbocycles. The van der Waals surface area contributed by atoms with Crippen molar-refractivity contribution in [1.82, 2.24) is 20.2 Å². The van der Waals surface area contributed by atoms with Gasteiger partial charge in [-0.25, -0.2) is 0 Å². The van der Waals surface area contributed by atoms with Gasteiger partial charge in [0.25, 0.3) is 5.91 Å². The van der Waals surface area contributed by atoms with Crippen LogP contribution in [0.4, 0.5) is 0 Å². The highest BCUT2D eigenvalue weighted by molar-refractivity contribution is 5.94. The largest absolute Gasteiger partial charge is 0.333 e. The molecule has 0 atom stereocenters. The van der Waals surface area contributed by atoms with Crippen molar-refractivity contribution in [2.24, 2.45) is 0 Å². The third-order valence-corrected chi connectivity index (χ3v) is 4.81. The first kappa shape index (κ1) is 15.3. The van der Waals surface area contributed by atoms with E-state index in [2.05, 4.69) is 20.2 Å². The Hall–Kier alpha value is -2.27. The number of rotatable bonds is 4. The number of pyridine rings is 2. The molecule has 2 aliphatic rings. The maximum atomic E-state index is 13.0. The van der Waals surface area contributed by atoms with Crippen LogP contribution in [-0.2, 0) is 0 Å². The van der Waals surface area contributed by atoms with E-state index in [1.807, 2.05) is 30.3 Å². The second kappa shape index (κ2) is 6.69. The van der Waals surface area contributed by atoms with Gasteiger partial charge in [0.1, 0.15) is 0 Å². The van der Waals surface area contributed by atoms with Crippen LogP contribution in [-0.4, -0.2) is 45.9 Å². The Labute approximate surface area is 142 Å². The average molecular weight is 322 g/mol. The van der Waals surface area contributed by atoms with Crippen LogP contribution >= 0.6 is 0 Å². The van der Waals surface area contributed by atoms with E-state index in [4.69, 9.17) is 0 Å². The van der Waals surface area contributed by atoms with E-state index in [0.29, 0.717) is 17.6 Å². The molecule has 0 radical (unpaired) electrons. The van der Waals surface area contributed by atoms with Gasteiger partial charge in [-0.3, -0.25) is 14.8 Å². The van der Waals surface area contributed by atoms with Crippen molar-refractivity contribution in [3.63, 3.8) is 0 Å². The van der Waals surface area contributed by atoms with Gasteiger partial charge in [0.15, 0.2) is 0 Å². The average Bonchev–Trinajstić information content (AvgIpc) is 3.49. The van der Waals surface area contributed by atoms with Gasteiger partial charge in [-0.15, -0.1) is 0 Å². The SMILES string of the molecule is O=C(c1ccc(-c2ccccn2)nc1)N(C1CCNCC1)C1CC1. The zero-order valence-electron chi connectivity index (χ0n) is 13.7. The fraction of sp³-hybridized carbons (Fsp3) is 0.421. The molecule has 1 aliphatic heterocycles. The van der Waals surface area contributed by atoms with Crippen LogP contribution in [0.5, 0.6) is 0 Å². The first-order valence-corrected chi connectivity index (χ1v) is 8.74. The summed E-state index contributed by atoms with van der Waals surface area (Å²) in [7, 11) is 0. The number of amides is 1. The third kappa shape index (κ3) is 3.17. The van der Waals surface area contributed by atoms with Crippen LogP contribution in [0.15, 0.2) is 42.7 Å². The highest BCUT2D eigenvalue weighted by Gasteiger charge is 2.38. The van der Waals surface area contributed by atoms with E-state index in [9.17, 15) is 4.79 Å². The normalized spacial score (nSPS) is 18.3. The van der Waals surface area contributed by atoms with Crippen molar-refractivity contribution >= 4 is 5.91 Å². The molecule has 24 heavy (non-hydrogen) atoms. The van der Waals surface area contributed by atoms with Crippen LogP contribution in [0.2, 0.25) is 0 Å². The fourth-order valence-electron chi connectivity index (χ4n) is 3.40. The maximum Gasteiger partial charge on any atom is 0.255 e. The lowest BCUT2D eigenvalue weighted by Crippen LogP contribution is -2.47. The van der Waals surface area contributed by atoms with E-state index < -0.39 is 0 Å². The van der Waals surface area contributed by atoms with Gasteiger partial charge >= 0.3 is 0 Å². The summed E-state index contributed by atoms with van der Waals surface area (Å²) in [5.41, 5.74) is 2.31. The van der Waals surface area contributed by atoms with Gasteiger partial charge in [-0.05, 0) is 63.0 Å². The predicted molar refractivity (Wildman–Crippen MR) is 92.6 cm³/mol. The molecule has 2 aromatic heterocycles. The zero-order chi connectivity index (χ0) is 16.4. The van der Waals surface area contributed by atoms with E-state index in [0.717, 1.165) is 50.2 Å². The number of nitrogens with zero attached hydrogens (tertiary/aromatic N) is 3. The third-order valence-electron chi connectivity index (χ3n) is 4.81. The first-order chi connectivity index (χ1) is 11.8. The topological polar surface area (TPSA) is 58.1 Å². The summed E-state index contributed by atoms with van der Waals surface area (Å²) < 4.78 is 0. The monoisotopic (exact) mass is 322 g/mol. The number of piperidine rings is 1. The number of nitrogens with one attached hydrogen (secondary N) is 1. The second-order valence-corrected chi connectivity index (χ2v) is 6.57. The van der Waals surface area contributed by atoms with Crippen LogP contribution < -0.4 is 5.32 Å². The van der Waals surface area contributed by atoms with Crippen molar-refractivity contribution in [2.75, 3.05) is 13.1 Å². The first-order valence-electron chi connectivity index (χ1n) is 8.74. The van der Waals surface area contributed by atoms with Crippen LogP contribution in [0, 0.1) is 0 Å². The molecule has 5 heteroatoms. The molecule has 5 nitrogen and oxygen atoms in total. The summed E-state index contributed by atoms with van der Waals surface area (Å²) in [6, 6.07) is 10.3. The number of carbonyl (C=O) groups excluding carboxylic acids is 1. The predicted octanol–water partition coefficient (Wildman–Crippen LogP) is 2.50. The summed E-state index contributed by atoms with van der Waals surface area (Å²) in [6.45, 7) is 2.00. The Kier molecular flexibility index (Phi) is 4.26. The maximum absolute atomic E-state index is 13.0. The molecule has 1 saturated heterocycles. The summed E-state index contributed by atoms with van der Waals surface area (Å²) in [4.78, 5) is 23.9. The Bertz CT molecular complexity index is 691. The quantitative estimate of drug-likeness (QED) is 0.939. The molecule has 3 heterocycles. The molecular formula is C19H22N4O. The minimum atomic E-state index is 0.129. The Morgan fingerprint density at radius 2 is 1.71 bits per heavy atom. The molecule has 1 aliphatic carbocycles. The Morgan fingerprint density at radius 3 is 2.33 bits per heavy atom. The number of carbonyl (C=O) groups is 1. The number of hydrogen-bond donors (Lipinski definition) is 1. The summed E-state index contributed by atoms with van der Waals surface area (Å²) in [6.07, 6.45) is 7.80. The van der Waals surface area contributed by atoms with Gasteiger partial charge < -0.3 is 10.2 Å². The van der Waals surface area contributed by atoms with E-state index in [1.54, 1.807) is 12.4 Å². The second-order valence-electron chi connectivity index (χ2n) is 6.57. The lowest BCUT2D eigenvalue weighted by atomic mass is 10.0. The summed E-state index contributed by atoms with van der Waals surface area (Å²) in [5.74, 6) is 0.129. The fourth-order valence-corrected chi connectivity index (χ4v) is 3.40. The molecule has 0 spiro atoms. The van der Waals surface area contributed by atoms with Crippen molar-refractivity contribution in [1.29, 1.82) is 0 Å². The minimum absolute atomic E-state index is 0.129. The van der Waals surface area contributed by atoms with Gasteiger partial charge in [-0.1, -0.05) is 6.07 Å². The van der Waals surface area contributed by atoms with Gasteiger partial charge in [-0.2, -0.15) is 0 Å². The number of aromatic nitrogens is 2. The molecule has 1 amide bonds. The molecule has 0 aromatic carbocycles. The Morgan fingerprint density at radius 1 is 0.958 bits per heavy atom. The van der Waals surface area contributed by atoms with Crippen LogP contribution in [0.3, 0.4) is 0 Å². The zero-order valence-corrected chi connectivity index (χ0v) is 13.7. The van der Waals surface area contributed by atoms with Crippen molar-refractivity contribution in [3.8, 4) is 11.4 Å². The van der Waals surface area contributed by atoms with Crippen LogP contribution in [0.25, 0.3) is 11.4 Å². The van der Waals surface area contributed by atoms with Crippen LogP contribution in [0.1, 0.15) is 36.0 Å². The minimum Gasteiger partial charge on any atom is -0.333 e. The standard InChI is InChI=1S/C19H22N4O/c24-19(23(15-5-6-15)16-8-11-20-12-9-16)14-4-7-18(22-13-14)17-3-1-2-10-21-17/h1-4,7,10,13,15-16,20H,5-6,8-9,11-12H2. The summed E-state index contributed by atoms with van der Waals surface area (Å²) >= 11 is 0. The van der Waals surface area contributed by atoms with E-state index >= 15 is 0 Å². The van der Waals surface area contributed by atoms with Crippen molar-refractivity contribution < 1.29 is 4.79 Å². The van der Waals surface area contributed by atoms with Gasteiger partial charge in [0.2, 0.25) is 0 Å². The van der Waals surface area contributed by atoms with Crippen molar-refractivity contribution in [2.45, 2.75) is 37.8 Å². The highest BCUT2D eigenvalue weighted by Crippen LogP contribution is 2.32. The molecule has 0 bridgehead atoms. The molecule has 2 aromatic rings. The van der Waals surface area contributed by atoms with Gasteiger partial charge in [0.05, 0.1) is 17.0 Å². The molecule has 2 fully saturated rings. The van der Waals surface area contributed by atoms with E-state index in [-0.39, 0.29) is 5.91 Å². The molecule has 4 rings (SSSR count). The highest BCUT2D eigenvalue weighted by atomic mass is 16.2. The number of hydrogen-bond acceptors (Lipinski definition) is 4. The smallest absolute Gasteiger partial charge is 0.255 e. The molecule has 124 valence electrons. The Balaban J connectivity index is 1.54. The van der Waals surface area contributed by atoms with Gasteiger partial charge in [0, 0.05) is 24.5 Å². The molecular weight excluding hydrogens is 300 g/mol. The molecule has 1 N–H and O–H groups in total.